The van der Waals surface area contributed by atoms with Gasteiger partial charge in [0, 0.05) is 32.2 Å². The summed E-state index contributed by atoms with van der Waals surface area (Å²) in [5, 5.41) is 6.47. The molecule has 1 aromatic carbocycles. The predicted octanol–water partition coefficient (Wildman–Crippen LogP) is 2.07. The Morgan fingerprint density at radius 2 is 2.15 bits per heavy atom. The van der Waals surface area contributed by atoms with Crippen molar-refractivity contribution in [2.45, 2.75) is 44.6 Å². The molecule has 2 saturated heterocycles. The average molecular weight is 358 g/mol. The number of benzene rings is 1. The van der Waals surface area contributed by atoms with Crippen LogP contribution in [0.15, 0.2) is 18.2 Å². The Morgan fingerprint density at radius 3 is 3.04 bits per heavy atom. The number of hydrogen-bond donors (Lipinski definition) is 2. The SMILES string of the molecule is O=C(NCC1CCCO1)[C@H]1CNC[C@@H](COc2ccc3c(c2)CCC3)C1. The first-order chi connectivity index (χ1) is 12.8. The molecule has 0 spiro atoms. The first-order valence-electron chi connectivity index (χ1n) is 10.1. The van der Waals surface area contributed by atoms with E-state index in [1.54, 1.807) is 0 Å². The van der Waals surface area contributed by atoms with Crippen LogP contribution in [0.4, 0.5) is 0 Å². The Kier molecular flexibility index (Phi) is 5.75. The molecule has 1 amide bonds. The van der Waals surface area contributed by atoms with Crippen molar-refractivity contribution >= 4 is 5.91 Å². The molecular formula is C21H30N2O3. The van der Waals surface area contributed by atoms with Gasteiger partial charge in [0.2, 0.25) is 5.91 Å². The minimum absolute atomic E-state index is 0.0266. The molecule has 0 saturated carbocycles. The highest BCUT2D eigenvalue weighted by molar-refractivity contribution is 5.79. The van der Waals surface area contributed by atoms with Crippen molar-refractivity contribution in [1.82, 2.24) is 10.6 Å². The Hall–Kier alpha value is -1.59. The number of hydrogen-bond acceptors (Lipinski definition) is 4. The summed E-state index contributed by atoms with van der Waals surface area (Å²) in [6.07, 6.45) is 6.88. The predicted molar refractivity (Wildman–Crippen MR) is 100 cm³/mol. The largest absolute Gasteiger partial charge is 0.493 e. The fourth-order valence-corrected chi connectivity index (χ4v) is 4.37. The Labute approximate surface area is 155 Å². The minimum Gasteiger partial charge on any atom is -0.493 e. The Balaban J connectivity index is 1.23. The third-order valence-corrected chi connectivity index (χ3v) is 5.90. The lowest BCUT2D eigenvalue weighted by Gasteiger charge is -2.29. The normalized spacial score (nSPS) is 27.9. The van der Waals surface area contributed by atoms with Gasteiger partial charge in [-0.1, -0.05) is 6.07 Å². The maximum absolute atomic E-state index is 12.5. The standard InChI is InChI=1S/C21H30N2O3/c24-21(23-13-20-5-2-8-25-20)18-9-15(11-22-12-18)14-26-19-7-6-16-3-1-4-17(16)10-19/h6-7,10,15,18,20,22H,1-5,8-9,11-14H2,(H,23,24)/t15-,18+,20?/m0/s1. The molecule has 1 unspecified atom stereocenters. The summed E-state index contributed by atoms with van der Waals surface area (Å²) in [7, 11) is 0. The zero-order valence-electron chi connectivity index (χ0n) is 15.5. The molecule has 142 valence electrons. The topological polar surface area (TPSA) is 59.6 Å². The summed E-state index contributed by atoms with van der Waals surface area (Å²) in [6, 6.07) is 6.49. The summed E-state index contributed by atoms with van der Waals surface area (Å²) in [4.78, 5) is 12.5. The van der Waals surface area contributed by atoms with E-state index in [0.29, 0.717) is 19.1 Å². The van der Waals surface area contributed by atoms with Crippen LogP contribution in [0.3, 0.4) is 0 Å². The van der Waals surface area contributed by atoms with Gasteiger partial charge < -0.3 is 20.1 Å². The summed E-state index contributed by atoms with van der Waals surface area (Å²) in [6.45, 7) is 3.81. The highest BCUT2D eigenvalue weighted by Crippen LogP contribution is 2.27. The highest BCUT2D eigenvalue weighted by atomic mass is 16.5. The molecule has 0 bridgehead atoms. The monoisotopic (exact) mass is 358 g/mol. The van der Waals surface area contributed by atoms with E-state index in [2.05, 4.69) is 28.8 Å². The van der Waals surface area contributed by atoms with Crippen molar-refractivity contribution in [2.75, 3.05) is 32.8 Å². The number of nitrogens with one attached hydrogen (secondary N) is 2. The van der Waals surface area contributed by atoms with E-state index >= 15 is 0 Å². The molecule has 5 heteroatoms. The first kappa shape index (κ1) is 17.8. The van der Waals surface area contributed by atoms with Crippen molar-refractivity contribution in [3.63, 3.8) is 0 Å². The van der Waals surface area contributed by atoms with E-state index in [0.717, 1.165) is 44.7 Å². The minimum atomic E-state index is 0.0266. The highest BCUT2D eigenvalue weighted by Gasteiger charge is 2.28. The lowest BCUT2D eigenvalue weighted by molar-refractivity contribution is -0.126. The van der Waals surface area contributed by atoms with Crippen molar-refractivity contribution in [2.24, 2.45) is 11.8 Å². The number of amides is 1. The molecule has 2 aliphatic heterocycles. The van der Waals surface area contributed by atoms with Gasteiger partial charge in [0.1, 0.15) is 5.75 Å². The number of aryl methyl sites for hydroxylation is 2. The van der Waals surface area contributed by atoms with Gasteiger partial charge in [-0.3, -0.25) is 4.79 Å². The maximum Gasteiger partial charge on any atom is 0.224 e. The molecule has 2 heterocycles. The summed E-state index contributed by atoms with van der Waals surface area (Å²) >= 11 is 0. The second-order valence-corrected chi connectivity index (χ2v) is 7.93. The van der Waals surface area contributed by atoms with Crippen LogP contribution in [0.1, 0.15) is 36.8 Å². The average Bonchev–Trinajstić information content (AvgIpc) is 3.35. The number of carbonyl (C=O) groups is 1. The summed E-state index contributed by atoms with van der Waals surface area (Å²) in [5.74, 6) is 1.51. The van der Waals surface area contributed by atoms with Gasteiger partial charge in [-0.2, -0.15) is 0 Å². The number of piperidine rings is 1. The van der Waals surface area contributed by atoms with Crippen molar-refractivity contribution in [1.29, 1.82) is 0 Å². The zero-order chi connectivity index (χ0) is 17.8. The van der Waals surface area contributed by atoms with E-state index in [9.17, 15) is 4.79 Å². The van der Waals surface area contributed by atoms with Gasteiger partial charge in [0.25, 0.3) is 0 Å². The second kappa shape index (κ2) is 8.40. The molecule has 4 rings (SSSR count). The smallest absolute Gasteiger partial charge is 0.224 e. The van der Waals surface area contributed by atoms with Gasteiger partial charge in [0.05, 0.1) is 18.6 Å². The van der Waals surface area contributed by atoms with Crippen molar-refractivity contribution in [3.05, 3.63) is 29.3 Å². The van der Waals surface area contributed by atoms with Crippen LogP contribution >= 0.6 is 0 Å². The van der Waals surface area contributed by atoms with Crippen molar-refractivity contribution < 1.29 is 14.3 Å². The number of ether oxygens (including phenoxy) is 2. The fraction of sp³-hybridized carbons (Fsp3) is 0.667. The van der Waals surface area contributed by atoms with E-state index < -0.39 is 0 Å². The molecule has 3 atom stereocenters. The first-order valence-corrected chi connectivity index (χ1v) is 10.1. The molecule has 0 radical (unpaired) electrons. The van der Waals surface area contributed by atoms with Crippen LogP contribution in [-0.2, 0) is 22.4 Å². The van der Waals surface area contributed by atoms with Gasteiger partial charge >= 0.3 is 0 Å². The molecule has 2 N–H and O–H groups in total. The van der Waals surface area contributed by atoms with E-state index in [1.807, 2.05) is 0 Å². The molecule has 26 heavy (non-hydrogen) atoms. The van der Waals surface area contributed by atoms with Crippen LogP contribution in [0.5, 0.6) is 5.75 Å². The molecule has 1 aromatic rings. The molecule has 1 aliphatic carbocycles. The molecule has 0 aromatic heterocycles. The lowest BCUT2D eigenvalue weighted by atomic mass is 9.90. The van der Waals surface area contributed by atoms with E-state index in [-0.39, 0.29) is 17.9 Å². The van der Waals surface area contributed by atoms with Gasteiger partial charge in [0.15, 0.2) is 0 Å². The third kappa shape index (κ3) is 4.38. The summed E-state index contributed by atoms with van der Waals surface area (Å²) < 4.78 is 11.6. The number of carbonyl (C=O) groups excluding carboxylic acids is 1. The van der Waals surface area contributed by atoms with E-state index in [4.69, 9.17) is 9.47 Å². The van der Waals surface area contributed by atoms with Crippen LogP contribution in [0, 0.1) is 11.8 Å². The lowest BCUT2D eigenvalue weighted by Crippen LogP contribution is -2.46. The van der Waals surface area contributed by atoms with Crippen LogP contribution in [-0.4, -0.2) is 44.9 Å². The summed E-state index contributed by atoms with van der Waals surface area (Å²) in [5.41, 5.74) is 2.91. The zero-order valence-corrected chi connectivity index (χ0v) is 15.5. The maximum atomic E-state index is 12.5. The molecule has 5 nitrogen and oxygen atoms in total. The second-order valence-electron chi connectivity index (χ2n) is 7.93. The van der Waals surface area contributed by atoms with Crippen LogP contribution < -0.4 is 15.4 Å². The van der Waals surface area contributed by atoms with E-state index in [1.165, 1.54) is 30.4 Å². The van der Waals surface area contributed by atoms with Gasteiger partial charge in [-0.05, 0) is 61.8 Å². The third-order valence-electron chi connectivity index (χ3n) is 5.90. The Morgan fingerprint density at radius 1 is 1.23 bits per heavy atom. The van der Waals surface area contributed by atoms with Crippen molar-refractivity contribution in [3.8, 4) is 5.75 Å². The van der Waals surface area contributed by atoms with Gasteiger partial charge in [-0.25, -0.2) is 0 Å². The number of fused-ring (bicyclic) bond motifs is 1. The van der Waals surface area contributed by atoms with Crippen LogP contribution in [0.25, 0.3) is 0 Å². The van der Waals surface area contributed by atoms with Crippen LogP contribution in [0.2, 0.25) is 0 Å². The molecule has 2 fully saturated rings. The molecular weight excluding hydrogens is 328 g/mol. The quantitative estimate of drug-likeness (QED) is 0.817. The molecule has 3 aliphatic rings. The fourth-order valence-electron chi connectivity index (χ4n) is 4.37. The Bertz CT molecular complexity index is 628. The van der Waals surface area contributed by atoms with Gasteiger partial charge in [-0.15, -0.1) is 0 Å². The number of rotatable bonds is 6.